The topological polar surface area (TPSA) is 62.6 Å². The number of halogens is 1. The Labute approximate surface area is 104 Å². The van der Waals surface area contributed by atoms with Crippen LogP contribution in [0, 0.1) is 0 Å². The average Bonchev–Trinajstić information content (AvgIpc) is 2.59. The molecule has 0 bridgehead atoms. The first-order valence-electron chi connectivity index (χ1n) is 4.82. The summed E-state index contributed by atoms with van der Waals surface area (Å²) in [5.74, 6) is 0.581. The molecule has 0 aliphatic heterocycles. The monoisotopic (exact) mass is 310 g/mol. The van der Waals surface area contributed by atoms with Crippen LogP contribution in [0.25, 0.3) is 0 Å². The van der Waals surface area contributed by atoms with Crippen molar-refractivity contribution in [3.05, 3.63) is 16.5 Å². The smallest absolute Gasteiger partial charge is 0.247 e. The van der Waals surface area contributed by atoms with Crippen molar-refractivity contribution in [2.45, 2.75) is 18.4 Å². The van der Waals surface area contributed by atoms with Gasteiger partial charge in [0.1, 0.15) is 10.7 Å². The summed E-state index contributed by atoms with van der Waals surface area (Å²) in [5.41, 5.74) is 0. The number of hydrogen-bond acceptors (Lipinski definition) is 4. The first-order chi connectivity index (χ1) is 7.43. The summed E-state index contributed by atoms with van der Waals surface area (Å²) in [5, 5.41) is 2.90. The fourth-order valence-electron chi connectivity index (χ4n) is 1.17. The van der Waals surface area contributed by atoms with Gasteiger partial charge >= 0.3 is 0 Å². The van der Waals surface area contributed by atoms with Crippen LogP contribution < -0.4 is 5.32 Å². The van der Waals surface area contributed by atoms with Crippen LogP contribution in [-0.2, 0) is 16.6 Å². The van der Waals surface area contributed by atoms with Crippen LogP contribution in [0.5, 0.6) is 0 Å². The average molecular weight is 311 g/mol. The van der Waals surface area contributed by atoms with Crippen LogP contribution in [-0.4, -0.2) is 33.4 Å². The zero-order chi connectivity index (χ0) is 12.3. The second-order valence-electron chi connectivity index (χ2n) is 3.30. The Kier molecular flexibility index (Phi) is 4.54. The predicted molar refractivity (Wildman–Crippen MR) is 64.7 cm³/mol. The molecule has 1 rings (SSSR count). The molecule has 0 saturated heterocycles. The molecule has 5 nitrogen and oxygen atoms in total. The number of nitrogens with one attached hydrogen (secondary N) is 1. The van der Waals surface area contributed by atoms with Crippen molar-refractivity contribution in [1.82, 2.24) is 9.62 Å². The fraction of sp³-hybridized carbons (Fsp3) is 0.556. The summed E-state index contributed by atoms with van der Waals surface area (Å²) in [7, 11) is -0.151. The predicted octanol–water partition coefficient (Wildman–Crippen LogP) is 1.40. The third-order valence-corrected chi connectivity index (χ3v) is 4.98. The van der Waals surface area contributed by atoms with Gasteiger partial charge in [0.05, 0.1) is 6.54 Å². The maximum absolute atomic E-state index is 12.0. The van der Waals surface area contributed by atoms with Crippen molar-refractivity contribution in [3.8, 4) is 0 Å². The lowest BCUT2D eigenvalue weighted by Crippen LogP contribution is -2.26. The van der Waals surface area contributed by atoms with Crippen LogP contribution in [0.4, 0.5) is 0 Å². The van der Waals surface area contributed by atoms with Gasteiger partial charge in [-0.05, 0) is 23.0 Å². The number of furan rings is 1. The second-order valence-corrected chi connectivity index (χ2v) is 6.03. The van der Waals surface area contributed by atoms with E-state index in [4.69, 9.17) is 4.42 Å². The second kappa shape index (κ2) is 5.31. The minimum atomic E-state index is -3.45. The molecule has 16 heavy (non-hydrogen) atoms. The Morgan fingerprint density at radius 1 is 1.56 bits per heavy atom. The van der Waals surface area contributed by atoms with Gasteiger partial charge in [-0.1, -0.05) is 6.92 Å². The summed E-state index contributed by atoms with van der Waals surface area (Å²) in [6, 6.07) is 1.53. The van der Waals surface area contributed by atoms with Gasteiger partial charge < -0.3 is 9.73 Å². The normalized spacial score (nSPS) is 12.3. The Bertz CT molecular complexity index is 455. The maximum atomic E-state index is 12.0. The molecule has 0 aliphatic rings. The molecule has 0 radical (unpaired) electrons. The van der Waals surface area contributed by atoms with E-state index in [0.717, 1.165) is 0 Å². The molecule has 1 heterocycles. The summed E-state index contributed by atoms with van der Waals surface area (Å²) >= 11 is 3.12. The maximum Gasteiger partial charge on any atom is 0.247 e. The zero-order valence-electron chi connectivity index (χ0n) is 9.45. The first kappa shape index (κ1) is 13.7. The lowest BCUT2D eigenvalue weighted by molar-refractivity contribution is 0.462. The Hall–Kier alpha value is -0.370. The molecule has 0 saturated carbocycles. The van der Waals surface area contributed by atoms with Crippen molar-refractivity contribution in [3.63, 3.8) is 0 Å². The molecule has 92 valence electrons. The third kappa shape index (κ3) is 2.65. The van der Waals surface area contributed by atoms with Gasteiger partial charge in [-0.3, -0.25) is 0 Å². The molecule has 0 unspecified atom stereocenters. The van der Waals surface area contributed by atoms with Crippen molar-refractivity contribution in [1.29, 1.82) is 0 Å². The Morgan fingerprint density at radius 2 is 2.19 bits per heavy atom. The van der Waals surface area contributed by atoms with Crippen molar-refractivity contribution < 1.29 is 12.8 Å². The highest BCUT2D eigenvalue weighted by Gasteiger charge is 2.25. The fourth-order valence-corrected chi connectivity index (χ4v) is 3.31. The molecule has 0 aromatic carbocycles. The summed E-state index contributed by atoms with van der Waals surface area (Å²) < 4.78 is 30.8. The number of hydrogen-bond donors (Lipinski definition) is 1. The molecule has 1 N–H and O–H groups in total. The first-order valence-corrected chi connectivity index (χ1v) is 7.06. The summed E-state index contributed by atoms with van der Waals surface area (Å²) in [4.78, 5) is 0.169. The van der Waals surface area contributed by atoms with Gasteiger partial charge in [-0.15, -0.1) is 0 Å². The Balaban J connectivity index is 3.13. The third-order valence-electron chi connectivity index (χ3n) is 2.19. The van der Waals surface area contributed by atoms with Gasteiger partial charge in [0.25, 0.3) is 0 Å². The molecular weight excluding hydrogens is 296 g/mol. The Morgan fingerprint density at radius 3 is 2.69 bits per heavy atom. The van der Waals surface area contributed by atoms with Crippen LogP contribution in [0.3, 0.4) is 0 Å². The standard InChI is InChI=1S/C9H15BrN2O3S/c1-4-12(3)16(13,14)8-5-7(6-11-2)15-9(8)10/h5,11H,4,6H2,1-3H3. The number of sulfonamides is 1. The highest BCUT2D eigenvalue weighted by atomic mass is 79.9. The van der Waals surface area contributed by atoms with Gasteiger partial charge in [0, 0.05) is 19.7 Å². The van der Waals surface area contributed by atoms with Crippen LogP contribution in [0.1, 0.15) is 12.7 Å². The molecule has 1 aromatic heterocycles. The summed E-state index contributed by atoms with van der Waals surface area (Å²) in [6.45, 7) is 2.69. The van der Waals surface area contributed by atoms with Gasteiger partial charge in [0.2, 0.25) is 10.0 Å². The molecular formula is C9H15BrN2O3S. The van der Waals surface area contributed by atoms with E-state index in [1.807, 2.05) is 0 Å². The van der Waals surface area contributed by atoms with E-state index in [1.54, 1.807) is 14.0 Å². The van der Waals surface area contributed by atoms with Crippen molar-refractivity contribution in [2.24, 2.45) is 0 Å². The quantitative estimate of drug-likeness (QED) is 0.893. The van der Waals surface area contributed by atoms with E-state index in [2.05, 4.69) is 21.2 Å². The van der Waals surface area contributed by atoms with E-state index in [1.165, 1.54) is 17.4 Å². The van der Waals surface area contributed by atoms with Crippen molar-refractivity contribution >= 4 is 26.0 Å². The van der Waals surface area contributed by atoms with E-state index < -0.39 is 10.0 Å². The van der Waals surface area contributed by atoms with E-state index in [9.17, 15) is 8.42 Å². The minimum absolute atomic E-state index is 0.169. The zero-order valence-corrected chi connectivity index (χ0v) is 11.9. The molecule has 0 fully saturated rings. The highest BCUT2D eigenvalue weighted by Crippen LogP contribution is 2.28. The number of nitrogens with zero attached hydrogens (tertiary/aromatic N) is 1. The lowest BCUT2D eigenvalue weighted by Gasteiger charge is -2.12. The molecule has 1 aromatic rings. The minimum Gasteiger partial charge on any atom is -0.452 e. The van der Waals surface area contributed by atoms with Gasteiger partial charge in [-0.25, -0.2) is 12.7 Å². The van der Waals surface area contributed by atoms with Gasteiger partial charge in [-0.2, -0.15) is 0 Å². The summed E-state index contributed by atoms with van der Waals surface area (Å²) in [6.07, 6.45) is 0. The largest absolute Gasteiger partial charge is 0.452 e. The van der Waals surface area contributed by atoms with E-state index >= 15 is 0 Å². The lowest BCUT2D eigenvalue weighted by atomic mass is 10.4. The highest BCUT2D eigenvalue weighted by molar-refractivity contribution is 9.10. The van der Waals surface area contributed by atoms with Crippen LogP contribution >= 0.6 is 15.9 Å². The molecule has 7 heteroatoms. The molecule has 0 amide bonds. The van der Waals surface area contributed by atoms with E-state index in [-0.39, 0.29) is 9.56 Å². The van der Waals surface area contributed by atoms with Crippen LogP contribution in [0.2, 0.25) is 0 Å². The molecule has 0 atom stereocenters. The van der Waals surface area contributed by atoms with Crippen LogP contribution in [0.15, 0.2) is 20.0 Å². The molecule has 0 spiro atoms. The van der Waals surface area contributed by atoms with Gasteiger partial charge in [0.15, 0.2) is 4.67 Å². The molecule has 0 aliphatic carbocycles. The number of rotatable bonds is 5. The SMILES string of the molecule is CCN(C)S(=O)(=O)c1cc(CNC)oc1Br. The van der Waals surface area contributed by atoms with E-state index in [0.29, 0.717) is 18.8 Å². The van der Waals surface area contributed by atoms with Crippen molar-refractivity contribution in [2.75, 3.05) is 20.6 Å².